The van der Waals surface area contributed by atoms with Crippen molar-refractivity contribution in [3.8, 4) is 0 Å². The molecule has 0 saturated heterocycles. The number of carboxylic acids is 1. The van der Waals surface area contributed by atoms with Gasteiger partial charge in [-0.25, -0.2) is 9.18 Å². The molecule has 2 N–H and O–H groups in total. The average molecular weight is 251 g/mol. The quantitative estimate of drug-likeness (QED) is 0.784. The maximum Gasteiger partial charge on any atom is 0.326 e. The molecule has 18 heavy (non-hydrogen) atoms. The lowest BCUT2D eigenvalue weighted by Crippen LogP contribution is -2.39. The molecule has 0 aliphatic heterocycles. The van der Waals surface area contributed by atoms with Crippen LogP contribution in [0.25, 0.3) is 6.08 Å². The van der Waals surface area contributed by atoms with Gasteiger partial charge in [-0.05, 0) is 18.6 Å². The Balaban J connectivity index is 2.65. The van der Waals surface area contributed by atoms with Gasteiger partial charge < -0.3 is 10.4 Å². The van der Waals surface area contributed by atoms with Crippen molar-refractivity contribution >= 4 is 18.0 Å². The Labute approximate surface area is 104 Å². The molecule has 0 saturated carbocycles. The zero-order valence-electron chi connectivity index (χ0n) is 9.89. The Hall–Kier alpha value is -2.17. The summed E-state index contributed by atoms with van der Waals surface area (Å²) in [5.41, 5.74) is 0.274. The van der Waals surface area contributed by atoms with Gasteiger partial charge in [0.1, 0.15) is 11.9 Å². The molecule has 1 atom stereocenters. The first-order valence-corrected chi connectivity index (χ1v) is 5.50. The van der Waals surface area contributed by atoms with Crippen molar-refractivity contribution < 1.29 is 19.1 Å². The monoisotopic (exact) mass is 251 g/mol. The molecule has 0 aliphatic rings. The number of carbonyl (C=O) groups is 2. The van der Waals surface area contributed by atoms with E-state index in [0.29, 0.717) is 0 Å². The van der Waals surface area contributed by atoms with Crippen molar-refractivity contribution in [1.29, 1.82) is 0 Å². The Kier molecular flexibility index (Phi) is 5.05. The first-order valence-electron chi connectivity index (χ1n) is 5.50. The van der Waals surface area contributed by atoms with Crippen molar-refractivity contribution in [2.45, 2.75) is 19.4 Å². The normalized spacial score (nSPS) is 12.3. The second-order valence-electron chi connectivity index (χ2n) is 3.66. The van der Waals surface area contributed by atoms with Gasteiger partial charge in [0.2, 0.25) is 5.91 Å². The maximum absolute atomic E-state index is 13.2. The molecule has 1 rings (SSSR count). The number of aliphatic carboxylic acids is 1. The summed E-state index contributed by atoms with van der Waals surface area (Å²) in [6.45, 7) is 1.65. The summed E-state index contributed by atoms with van der Waals surface area (Å²) < 4.78 is 13.2. The highest BCUT2D eigenvalue weighted by atomic mass is 19.1. The van der Waals surface area contributed by atoms with E-state index in [0.717, 1.165) is 6.08 Å². The minimum absolute atomic E-state index is 0.274. The smallest absolute Gasteiger partial charge is 0.326 e. The molecule has 0 spiro atoms. The predicted octanol–water partition coefficient (Wildman–Crippen LogP) is 1.82. The molecule has 1 aromatic carbocycles. The van der Waals surface area contributed by atoms with E-state index >= 15 is 0 Å². The first-order chi connectivity index (χ1) is 8.54. The molecule has 0 bridgehead atoms. The minimum Gasteiger partial charge on any atom is -0.480 e. The lowest BCUT2D eigenvalue weighted by atomic mass is 10.2. The van der Waals surface area contributed by atoms with Gasteiger partial charge in [-0.1, -0.05) is 25.1 Å². The molecule has 0 radical (unpaired) electrons. The van der Waals surface area contributed by atoms with Crippen LogP contribution in [0.15, 0.2) is 30.3 Å². The van der Waals surface area contributed by atoms with E-state index in [1.165, 1.54) is 18.2 Å². The highest BCUT2D eigenvalue weighted by Gasteiger charge is 2.15. The molecule has 96 valence electrons. The number of rotatable bonds is 5. The van der Waals surface area contributed by atoms with Gasteiger partial charge in [-0.3, -0.25) is 4.79 Å². The number of hydrogen-bond donors (Lipinski definition) is 2. The van der Waals surface area contributed by atoms with Crippen molar-refractivity contribution in [2.75, 3.05) is 0 Å². The van der Waals surface area contributed by atoms with Crippen LogP contribution in [0.1, 0.15) is 18.9 Å². The number of carbonyl (C=O) groups excluding carboxylic acids is 1. The largest absolute Gasteiger partial charge is 0.480 e. The molecule has 4 nitrogen and oxygen atoms in total. The molecular formula is C13H14FNO3. The maximum atomic E-state index is 13.2. The minimum atomic E-state index is -1.09. The highest BCUT2D eigenvalue weighted by Crippen LogP contribution is 2.07. The van der Waals surface area contributed by atoms with Crippen LogP contribution in [-0.4, -0.2) is 23.0 Å². The third-order valence-electron chi connectivity index (χ3n) is 2.34. The van der Waals surface area contributed by atoms with Crippen LogP contribution >= 0.6 is 0 Å². The topological polar surface area (TPSA) is 66.4 Å². The van der Waals surface area contributed by atoms with Crippen LogP contribution in [0.4, 0.5) is 4.39 Å². The molecule has 1 aromatic rings. The first kappa shape index (κ1) is 13.9. The van der Waals surface area contributed by atoms with Crippen LogP contribution in [0.2, 0.25) is 0 Å². The fourth-order valence-corrected chi connectivity index (χ4v) is 1.33. The molecule has 0 heterocycles. The number of nitrogens with one attached hydrogen (secondary N) is 1. The van der Waals surface area contributed by atoms with Gasteiger partial charge in [0.25, 0.3) is 0 Å². The SMILES string of the molecule is CC[C@H](NC(=O)/C=C/c1ccccc1F)C(=O)O. The third-order valence-corrected chi connectivity index (χ3v) is 2.34. The lowest BCUT2D eigenvalue weighted by molar-refractivity contribution is -0.141. The second kappa shape index (κ2) is 6.54. The summed E-state index contributed by atoms with van der Waals surface area (Å²) >= 11 is 0. The van der Waals surface area contributed by atoms with Gasteiger partial charge in [0.15, 0.2) is 0 Å². The van der Waals surface area contributed by atoms with E-state index in [1.54, 1.807) is 19.1 Å². The summed E-state index contributed by atoms with van der Waals surface area (Å²) in [6.07, 6.45) is 2.71. The van der Waals surface area contributed by atoms with Crippen LogP contribution in [-0.2, 0) is 9.59 Å². The molecule has 0 fully saturated rings. The number of benzene rings is 1. The Bertz CT molecular complexity index is 471. The number of halogens is 1. The summed E-state index contributed by atoms with van der Waals surface area (Å²) in [5.74, 6) is -2.09. The molecule has 0 aromatic heterocycles. The molecular weight excluding hydrogens is 237 g/mol. The van der Waals surface area contributed by atoms with Crippen LogP contribution in [0.5, 0.6) is 0 Å². The van der Waals surface area contributed by atoms with Gasteiger partial charge in [-0.2, -0.15) is 0 Å². The predicted molar refractivity (Wildman–Crippen MR) is 65.3 cm³/mol. The van der Waals surface area contributed by atoms with Crippen molar-refractivity contribution in [1.82, 2.24) is 5.32 Å². The zero-order valence-corrected chi connectivity index (χ0v) is 9.89. The van der Waals surface area contributed by atoms with Crippen molar-refractivity contribution in [2.24, 2.45) is 0 Å². The molecule has 1 amide bonds. The number of amides is 1. The van der Waals surface area contributed by atoms with E-state index in [2.05, 4.69) is 5.32 Å². The Morgan fingerprint density at radius 2 is 2.11 bits per heavy atom. The van der Waals surface area contributed by atoms with E-state index in [-0.39, 0.29) is 12.0 Å². The lowest BCUT2D eigenvalue weighted by Gasteiger charge is -2.09. The fraction of sp³-hybridized carbons (Fsp3) is 0.231. The second-order valence-corrected chi connectivity index (χ2v) is 3.66. The summed E-state index contributed by atoms with van der Waals surface area (Å²) in [5, 5.41) is 11.1. The Morgan fingerprint density at radius 1 is 1.44 bits per heavy atom. The molecule has 0 aliphatic carbocycles. The summed E-state index contributed by atoms with van der Waals surface area (Å²) in [7, 11) is 0. The third kappa shape index (κ3) is 4.01. The fourth-order valence-electron chi connectivity index (χ4n) is 1.33. The van der Waals surface area contributed by atoms with Gasteiger partial charge >= 0.3 is 5.97 Å². The molecule has 5 heteroatoms. The van der Waals surface area contributed by atoms with Gasteiger partial charge in [0.05, 0.1) is 0 Å². The van der Waals surface area contributed by atoms with Gasteiger partial charge in [0, 0.05) is 11.6 Å². The van der Waals surface area contributed by atoms with E-state index in [1.807, 2.05) is 0 Å². The number of hydrogen-bond acceptors (Lipinski definition) is 2. The molecule has 0 unspecified atom stereocenters. The Morgan fingerprint density at radius 3 is 2.67 bits per heavy atom. The highest BCUT2D eigenvalue weighted by molar-refractivity contribution is 5.94. The van der Waals surface area contributed by atoms with E-state index < -0.39 is 23.7 Å². The van der Waals surface area contributed by atoms with Crippen LogP contribution < -0.4 is 5.32 Å². The average Bonchev–Trinajstić information content (AvgIpc) is 2.34. The van der Waals surface area contributed by atoms with E-state index in [4.69, 9.17) is 5.11 Å². The van der Waals surface area contributed by atoms with E-state index in [9.17, 15) is 14.0 Å². The number of carboxylic acid groups (broad SMARTS) is 1. The van der Waals surface area contributed by atoms with Crippen molar-refractivity contribution in [3.63, 3.8) is 0 Å². The zero-order chi connectivity index (χ0) is 13.5. The van der Waals surface area contributed by atoms with Crippen LogP contribution in [0.3, 0.4) is 0 Å². The van der Waals surface area contributed by atoms with Gasteiger partial charge in [-0.15, -0.1) is 0 Å². The summed E-state index contributed by atoms with van der Waals surface area (Å²) in [6, 6.07) is 5.07. The summed E-state index contributed by atoms with van der Waals surface area (Å²) in [4.78, 5) is 22.1. The standard InChI is InChI=1S/C13H14FNO3/c1-2-11(13(17)18)15-12(16)8-7-9-5-3-4-6-10(9)14/h3-8,11H,2H2,1H3,(H,15,16)(H,17,18)/b8-7+/t11-/m0/s1. The van der Waals surface area contributed by atoms with Crippen molar-refractivity contribution in [3.05, 3.63) is 41.7 Å². The van der Waals surface area contributed by atoms with Crippen LogP contribution in [0, 0.1) is 5.82 Å².